The molecule has 3 rings (SSSR count). The van der Waals surface area contributed by atoms with Gasteiger partial charge in [0, 0.05) is 18.7 Å². The minimum atomic E-state index is -0.484. The lowest BCUT2D eigenvalue weighted by molar-refractivity contribution is -0.122. The maximum Gasteiger partial charge on any atom is 0.338 e. The highest BCUT2D eigenvalue weighted by Crippen LogP contribution is 2.26. The van der Waals surface area contributed by atoms with Gasteiger partial charge in [0.05, 0.1) is 18.1 Å². The zero-order valence-corrected chi connectivity index (χ0v) is 13.6. The van der Waals surface area contributed by atoms with Crippen LogP contribution in [-0.2, 0) is 14.3 Å². The highest BCUT2D eigenvalue weighted by molar-refractivity contribution is 6.03. The monoisotopic (exact) mass is 343 g/mol. The molecule has 9 heteroatoms. The second-order valence-electron chi connectivity index (χ2n) is 5.50. The van der Waals surface area contributed by atoms with Crippen molar-refractivity contribution in [1.82, 2.24) is 15.2 Å². The van der Waals surface area contributed by atoms with Crippen molar-refractivity contribution >= 4 is 29.4 Å². The van der Waals surface area contributed by atoms with Crippen LogP contribution in [0.25, 0.3) is 0 Å². The first-order valence-corrected chi connectivity index (χ1v) is 7.82. The maximum atomic E-state index is 12.2. The Kier molecular flexibility index (Phi) is 4.73. The fourth-order valence-corrected chi connectivity index (χ4v) is 2.61. The van der Waals surface area contributed by atoms with E-state index in [1.165, 1.54) is 11.2 Å². The molecular formula is C16H17N5O4. The number of aromatic nitrogens is 3. The smallest absolute Gasteiger partial charge is 0.338 e. The van der Waals surface area contributed by atoms with Crippen molar-refractivity contribution in [1.29, 1.82) is 0 Å². The topological polar surface area (TPSA) is 117 Å². The van der Waals surface area contributed by atoms with Crippen molar-refractivity contribution in [3.05, 3.63) is 36.2 Å². The lowest BCUT2D eigenvalue weighted by Gasteiger charge is -2.17. The van der Waals surface area contributed by atoms with E-state index in [1.807, 2.05) is 0 Å². The number of rotatable bonds is 5. The lowest BCUT2D eigenvalue weighted by atomic mass is 10.1. The summed E-state index contributed by atoms with van der Waals surface area (Å²) in [5.74, 6) is -1.10. The van der Waals surface area contributed by atoms with E-state index >= 15 is 0 Å². The molecule has 2 heterocycles. The molecule has 2 N–H and O–H groups in total. The number of esters is 1. The molecule has 1 aliphatic rings. The molecule has 130 valence electrons. The molecule has 2 amide bonds. The van der Waals surface area contributed by atoms with Crippen molar-refractivity contribution in [2.45, 2.75) is 13.3 Å². The number of hydrogen-bond acceptors (Lipinski definition) is 6. The normalized spacial score (nSPS) is 16.8. The Balaban J connectivity index is 1.66. The van der Waals surface area contributed by atoms with Gasteiger partial charge in [-0.05, 0) is 31.2 Å². The molecule has 25 heavy (non-hydrogen) atoms. The summed E-state index contributed by atoms with van der Waals surface area (Å²) in [7, 11) is 0. The zero-order chi connectivity index (χ0) is 17.8. The first-order chi connectivity index (χ1) is 12.1. The minimum absolute atomic E-state index is 0.111. The summed E-state index contributed by atoms with van der Waals surface area (Å²) >= 11 is 0. The standard InChI is InChI=1S/C16H17N5O4/c1-2-25-15(24)10-3-5-12(6-4-10)21-8-11(7-13(21)22)14(23)19-16-17-9-18-20-16/h3-6,9,11H,2,7-8H2,1H3,(H2,17,18,19,20,23)/t11-/m0/s1. The number of benzene rings is 1. The van der Waals surface area contributed by atoms with Gasteiger partial charge in [-0.25, -0.2) is 9.89 Å². The molecule has 2 aromatic rings. The van der Waals surface area contributed by atoms with Crippen LogP contribution < -0.4 is 10.2 Å². The molecule has 1 fully saturated rings. The van der Waals surface area contributed by atoms with Crippen LogP contribution in [0, 0.1) is 5.92 Å². The zero-order valence-electron chi connectivity index (χ0n) is 13.6. The summed E-state index contributed by atoms with van der Waals surface area (Å²) in [4.78, 5) is 41.5. The number of nitrogens with one attached hydrogen (secondary N) is 2. The molecule has 0 bridgehead atoms. The number of nitrogens with zero attached hydrogens (tertiary/aromatic N) is 3. The number of carbonyl (C=O) groups excluding carboxylic acids is 3. The van der Waals surface area contributed by atoms with Crippen molar-refractivity contribution in [3.8, 4) is 0 Å². The van der Waals surface area contributed by atoms with Crippen LogP contribution in [-0.4, -0.2) is 46.1 Å². The molecule has 9 nitrogen and oxygen atoms in total. The van der Waals surface area contributed by atoms with Crippen LogP contribution in [0.3, 0.4) is 0 Å². The van der Waals surface area contributed by atoms with Gasteiger partial charge in [-0.15, -0.1) is 0 Å². The lowest BCUT2D eigenvalue weighted by Crippen LogP contribution is -2.28. The summed E-state index contributed by atoms with van der Waals surface area (Å²) in [6, 6.07) is 6.53. The van der Waals surface area contributed by atoms with Crippen LogP contribution in [0.15, 0.2) is 30.6 Å². The average molecular weight is 343 g/mol. The largest absolute Gasteiger partial charge is 0.462 e. The summed E-state index contributed by atoms with van der Waals surface area (Å²) in [5.41, 5.74) is 1.05. The molecule has 1 atom stereocenters. The van der Waals surface area contributed by atoms with Crippen LogP contribution >= 0.6 is 0 Å². The van der Waals surface area contributed by atoms with Crippen molar-refractivity contribution in [2.24, 2.45) is 5.92 Å². The molecule has 0 saturated carbocycles. The Labute approximate surface area is 143 Å². The number of aromatic amines is 1. The van der Waals surface area contributed by atoms with Gasteiger partial charge in [0.1, 0.15) is 6.33 Å². The number of ether oxygens (including phenoxy) is 1. The molecular weight excluding hydrogens is 326 g/mol. The predicted molar refractivity (Wildman–Crippen MR) is 87.9 cm³/mol. The molecule has 1 saturated heterocycles. The van der Waals surface area contributed by atoms with Gasteiger partial charge in [0.2, 0.25) is 17.8 Å². The molecule has 0 radical (unpaired) electrons. The average Bonchev–Trinajstić information content (AvgIpc) is 3.25. The Morgan fingerprint density at radius 1 is 1.36 bits per heavy atom. The third-order valence-corrected chi connectivity index (χ3v) is 3.84. The molecule has 1 aromatic carbocycles. The van der Waals surface area contributed by atoms with E-state index in [4.69, 9.17) is 4.74 Å². The summed E-state index contributed by atoms with van der Waals surface area (Å²) in [6.45, 7) is 2.30. The maximum absolute atomic E-state index is 12.2. The second-order valence-corrected chi connectivity index (χ2v) is 5.50. The van der Waals surface area contributed by atoms with Gasteiger partial charge in [-0.2, -0.15) is 10.1 Å². The first-order valence-electron chi connectivity index (χ1n) is 7.82. The van der Waals surface area contributed by atoms with Crippen LogP contribution in [0.5, 0.6) is 0 Å². The molecule has 1 aliphatic heterocycles. The van der Waals surface area contributed by atoms with Crippen molar-refractivity contribution < 1.29 is 19.1 Å². The third-order valence-electron chi connectivity index (χ3n) is 3.84. The van der Waals surface area contributed by atoms with Crippen LogP contribution in [0.1, 0.15) is 23.7 Å². The Morgan fingerprint density at radius 3 is 2.76 bits per heavy atom. The van der Waals surface area contributed by atoms with E-state index in [0.29, 0.717) is 17.9 Å². The fourth-order valence-electron chi connectivity index (χ4n) is 2.61. The van der Waals surface area contributed by atoms with Gasteiger partial charge in [0.25, 0.3) is 0 Å². The molecule has 0 aliphatic carbocycles. The summed E-state index contributed by atoms with van der Waals surface area (Å²) in [5, 5.41) is 8.77. The van der Waals surface area contributed by atoms with Gasteiger partial charge >= 0.3 is 5.97 Å². The minimum Gasteiger partial charge on any atom is -0.462 e. The second kappa shape index (κ2) is 7.12. The Bertz CT molecular complexity index is 772. The van der Waals surface area contributed by atoms with Gasteiger partial charge in [0.15, 0.2) is 0 Å². The van der Waals surface area contributed by atoms with E-state index in [1.54, 1.807) is 31.2 Å². The molecule has 0 spiro atoms. The van der Waals surface area contributed by atoms with Gasteiger partial charge in [-0.1, -0.05) is 0 Å². The number of amides is 2. The number of hydrogen-bond donors (Lipinski definition) is 2. The van der Waals surface area contributed by atoms with E-state index in [-0.39, 0.29) is 30.7 Å². The van der Waals surface area contributed by atoms with E-state index < -0.39 is 11.9 Å². The Hall–Kier alpha value is -3.23. The number of H-pyrrole nitrogens is 1. The van der Waals surface area contributed by atoms with E-state index in [2.05, 4.69) is 20.5 Å². The fraction of sp³-hybridized carbons (Fsp3) is 0.312. The van der Waals surface area contributed by atoms with Crippen LogP contribution in [0.4, 0.5) is 11.6 Å². The van der Waals surface area contributed by atoms with E-state index in [0.717, 1.165) is 0 Å². The predicted octanol–water partition coefficient (Wildman–Crippen LogP) is 0.973. The highest BCUT2D eigenvalue weighted by Gasteiger charge is 2.35. The third kappa shape index (κ3) is 3.65. The summed E-state index contributed by atoms with van der Waals surface area (Å²) in [6.07, 6.45) is 1.40. The first kappa shape index (κ1) is 16.6. The van der Waals surface area contributed by atoms with Crippen LogP contribution in [0.2, 0.25) is 0 Å². The quantitative estimate of drug-likeness (QED) is 0.781. The van der Waals surface area contributed by atoms with Crippen molar-refractivity contribution in [2.75, 3.05) is 23.4 Å². The van der Waals surface area contributed by atoms with Gasteiger partial charge < -0.3 is 9.64 Å². The summed E-state index contributed by atoms with van der Waals surface area (Å²) < 4.78 is 4.93. The molecule has 0 unspecified atom stereocenters. The van der Waals surface area contributed by atoms with Gasteiger partial charge in [-0.3, -0.25) is 14.9 Å². The molecule has 1 aromatic heterocycles. The SMILES string of the molecule is CCOC(=O)c1ccc(N2C[C@@H](C(=O)Nc3ncn[nH]3)CC2=O)cc1. The highest BCUT2D eigenvalue weighted by atomic mass is 16.5. The van der Waals surface area contributed by atoms with Crippen molar-refractivity contribution in [3.63, 3.8) is 0 Å². The number of anilines is 2. The number of carbonyl (C=O) groups is 3. The Morgan fingerprint density at radius 2 is 2.12 bits per heavy atom. The van der Waals surface area contributed by atoms with E-state index in [9.17, 15) is 14.4 Å².